The van der Waals surface area contributed by atoms with E-state index in [1.54, 1.807) is 16.7 Å². The van der Waals surface area contributed by atoms with E-state index in [1.165, 1.54) is 11.8 Å². The number of allylic oxidation sites excluding steroid dienone is 1. The van der Waals surface area contributed by atoms with Crippen molar-refractivity contribution in [3.05, 3.63) is 95.3 Å². The summed E-state index contributed by atoms with van der Waals surface area (Å²) in [6, 6.07) is 20.9. The van der Waals surface area contributed by atoms with Crippen molar-refractivity contribution in [1.82, 2.24) is 9.55 Å². The van der Waals surface area contributed by atoms with Gasteiger partial charge in [-0.15, -0.1) is 6.58 Å². The number of rotatable bonds is 6. The minimum Gasteiger partial charge on any atom is -0.293 e. The van der Waals surface area contributed by atoms with Crippen LogP contribution in [0.25, 0.3) is 21.7 Å². The number of hydrogen-bond donors (Lipinski definition) is 0. The maximum absolute atomic E-state index is 12.8. The van der Waals surface area contributed by atoms with E-state index in [2.05, 4.69) is 11.6 Å². The molecule has 4 rings (SSSR count). The second-order valence-corrected chi connectivity index (χ2v) is 7.33. The molecule has 0 aliphatic carbocycles. The maximum atomic E-state index is 12.8. The number of carbonyl (C=O) groups excluding carboxylic acids is 1. The lowest BCUT2D eigenvalue weighted by molar-refractivity contribution is 0.102. The first-order valence-electron chi connectivity index (χ1n) is 8.92. The number of hydrogen-bond acceptors (Lipinski definition) is 4. The fourth-order valence-electron chi connectivity index (χ4n) is 3.12. The molecule has 0 saturated carbocycles. The van der Waals surface area contributed by atoms with Gasteiger partial charge in [0.2, 0.25) is 0 Å². The average molecular weight is 386 g/mol. The number of fused-ring (bicyclic) bond motifs is 2. The predicted molar refractivity (Wildman–Crippen MR) is 115 cm³/mol. The minimum absolute atomic E-state index is 0.00307. The molecule has 5 heteroatoms. The molecule has 138 valence electrons. The van der Waals surface area contributed by atoms with Crippen molar-refractivity contribution in [2.75, 3.05) is 5.75 Å². The highest BCUT2D eigenvalue weighted by Gasteiger charge is 2.13. The van der Waals surface area contributed by atoms with Crippen LogP contribution in [0.5, 0.6) is 0 Å². The molecule has 0 aliphatic heterocycles. The summed E-state index contributed by atoms with van der Waals surface area (Å²) in [5.41, 5.74) is 1.17. The molecule has 0 radical (unpaired) electrons. The fraction of sp³-hybridized carbons (Fsp3) is 0.0870. The molecule has 0 N–H and O–H groups in total. The van der Waals surface area contributed by atoms with Gasteiger partial charge in [-0.2, -0.15) is 0 Å². The minimum atomic E-state index is -0.119. The van der Waals surface area contributed by atoms with Crippen LogP contribution in [-0.4, -0.2) is 21.1 Å². The van der Waals surface area contributed by atoms with Gasteiger partial charge in [0.15, 0.2) is 10.9 Å². The molecule has 1 aromatic heterocycles. The third-order valence-corrected chi connectivity index (χ3v) is 5.52. The second kappa shape index (κ2) is 7.82. The van der Waals surface area contributed by atoms with E-state index in [0.717, 1.165) is 10.8 Å². The Balaban J connectivity index is 1.63. The summed E-state index contributed by atoms with van der Waals surface area (Å²) in [6.45, 7) is 4.08. The molecule has 0 amide bonds. The molecule has 4 aromatic rings. The van der Waals surface area contributed by atoms with Crippen molar-refractivity contribution < 1.29 is 4.79 Å². The predicted octanol–water partition coefficient (Wildman–Crippen LogP) is 4.71. The summed E-state index contributed by atoms with van der Waals surface area (Å²) < 4.78 is 1.56. The van der Waals surface area contributed by atoms with Gasteiger partial charge in [-0.25, -0.2) is 4.98 Å². The Morgan fingerprint density at radius 1 is 1.04 bits per heavy atom. The third kappa shape index (κ3) is 3.49. The van der Waals surface area contributed by atoms with Gasteiger partial charge in [0.25, 0.3) is 5.56 Å². The quantitative estimate of drug-likeness (QED) is 0.208. The smallest absolute Gasteiger partial charge is 0.262 e. The summed E-state index contributed by atoms with van der Waals surface area (Å²) in [7, 11) is 0. The molecule has 0 unspecified atom stereocenters. The van der Waals surface area contributed by atoms with E-state index >= 15 is 0 Å². The first-order chi connectivity index (χ1) is 13.7. The Morgan fingerprint density at radius 2 is 1.79 bits per heavy atom. The number of ketones is 1. The van der Waals surface area contributed by atoms with Gasteiger partial charge in [-0.3, -0.25) is 14.2 Å². The van der Waals surface area contributed by atoms with Gasteiger partial charge in [0.1, 0.15) is 0 Å². The molecule has 1 heterocycles. The summed E-state index contributed by atoms with van der Waals surface area (Å²) in [5.74, 6) is 0.212. The van der Waals surface area contributed by atoms with E-state index in [4.69, 9.17) is 0 Å². The number of carbonyl (C=O) groups is 1. The van der Waals surface area contributed by atoms with Crippen LogP contribution in [0.15, 0.2) is 89.3 Å². The van der Waals surface area contributed by atoms with Crippen LogP contribution in [0, 0.1) is 0 Å². The zero-order valence-corrected chi connectivity index (χ0v) is 16.0. The highest BCUT2D eigenvalue weighted by molar-refractivity contribution is 7.99. The van der Waals surface area contributed by atoms with Crippen molar-refractivity contribution >= 4 is 39.2 Å². The van der Waals surface area contributed by atoms with Crippen LogP contribution >= 0.6 is 11.8 Å². The molecule has 0 fully saturated rings. The van der Waals surface area contributed by atoms with E-state index in [1.807, 2.05) is 60.7 Å². The summed E-state index contributed by atoms with van der Waals surface area (Å²) >= 11 is 1.28. The van der Waals surface area contributed by atoms with Crippen LogP contribution < -0.4 is 5.56 Å². The van der Waals surface area contributed by atoms with E-state index in [0.29, 0.717) is 28.2 Å². The lowest BCUT2D eigenvalue weighted by Crippen LogP contribution is -2.23. The molecule has 0 aliphatic rings. The van der Waals surface area contributed by atoms with Gasteiger partial charge >= 0.3 is 0 Å². The Morgan fingerprint density at radius 3 is 2.61 bits per heavy atom. The van der Waals surface area contributed by atoms with Gasteiger partial charge in [-0.1, -0.05) is 66.4 Å². The van der Waals surface area contributed by atoms with Crippen molar-refractivity contribution in [2.24, 2.45) is 0 Å². The van der Waals surface area contributed by atoms with Gasteiger partial charge in [0.05, 0.1) is 16.7 Å². The molecule has 0 bridgehead atoms. The average Bonchev–Trinajstić information content (AvgIpc) is 2.74. The Hall–Kier alpha value is -3.18. The molecular weight excluding hydrogens is 368 g/mol. The van der Waals surface area contributed by atoms with Gasteiger partial charge < -0.3 is 0 Å². The van der Waals surface area contributed by atoms with Crippen LogP contribution in [0.4, 0.5) is 0 Å². The van der Waals surface area contributed by atoms with E-state index in [9.17, 15) is 9.59 Å². The van der Waals surface area contributed by atoms with Crippen LogP contribution in [0.2, 0.25) is 0 Å². The van der Waals surface area contributed by atoms with E-state index in [-0.39, 0.29) is 17.1 Å². The van der Waals surface area contributed by atoms with Crippen LogP contribution in [0.1, 0.15) is 10.4 Å². The fourth-order valence-corrected chi connectivity index (χ4v) is 4.03. The molecule has 0 atom stereocenters. The number of thioether (sulfide) groups is 1. The Kier molecular flexibility index (Phi) is 5.08. The van der Waals surface area contributed by atoms with Crippen molar-refractivity contribution in [1.29, 1.82) is 0 Å². The van der Waals surface area contributed by atoms with Gasteiger partial charge in [0, 0.05) is 12.1 Å². The molecule has 0 spiro atoms. The zero-order chi connectivity index (χ0) is 19.5. The van der Waals surface area contributed by atoms with Crippen LogP contribution in [0.3, 0.4) is 0 Å². The third-order valence-electron chi connectivity index (χ3n) is 4.54. The number of Topliss-reactive ketones (excluding diaryl/α,β-unsaturated/α-hetero) is 1. The number of para-hydroxylation sites is 1. The molecule has 28 heavy (non-hydrogen) atoms. The van der Waals surface area contributed by atoms with Crippen molar-refractivity contribution in [3.63, 3.8) is 0 Å². The maximum Gasteiger partial charge on any atom is 0.262 e. The largest absolute Gasteiger partial charge is 0.293 e. The molecule has 0 saturated heterocycles. The summed E-state index contributed by atoms with van der Waals surface area (Å²) in [5, 5.41) is 3.22. The molecule has 3 aromatic carbocycles. The highest BCUT2D eigenvalue weighted by Crippen LogP contribution is 2.21. The van der Waals surface area contributed by atoms with Crippen LogP contribution in [-0.2, 0) is 6.54 Å². The van der Waals surface area contributed by atoms with Crippen molar-refractivity contribution in [3.8, 4) is 0 Å². The normalized spacial score (nSPS) is 11.0. The Labute approximate surface area is 166 Å². The summed E-state index contributed by atoms with van der Waals surface area (Å²) in [6.07, 6.45) is 1.66. The lowest BCUT2D eigenvalue weighted by Gasteiger charge is -2.11. The van der Waals surface area contributed by atoms with Gasteiger partial charge in [-0.05, 0) is 29.0 Å². The second-order valence-electron chi connectivity index (χ2n) is 6.39. The van der Waals surface area contributed by atoms with Crippen molar-refractivity contribution in [2.45, 2.75) is 11.7 Å². The monoisotopic (exact) mass is 386 g/mol. The van der Waals surface area contributed by atoms with E-state index < -0.39 is 0 Å². The lowest BCUT2D eigenvalue weighted by atomic mass is 10.1. The number of nitrogens with zero attached hydrogens (tertiary/aromatic N) is 2. The number of benzene rings is 3. The first kappa shape index (κ1) is 18.2. The molecule has 4 nitrogen and oxygen atoms in total. The zero-order valence-electron chi connectivity index (χ0n) is 15.2. The number of aromatic nitrogens is 2. The topological polar surface area (TPSA) is 52.0 Å². The summed E-state index contributed by atoms with van der Waals surface area (Å²) in [4.78, 5) is 30.1. The highest BCUT2D eigenvalue weighted by atomic mass is 32.2. The Bertz CT molecular complexity index is 1260. The SMILES string of the molecule is C=CCn1c(SCC(=O)c2ccc3ccccc3c2)nc2ccccc2c1=O. The first-order valence-corrected chi connectivity index (χ1v) is 9.91. The molecular formula is C23H18N2O2S. The standard InChI is InChI=1S/C23H18N2O2S/c1-2-13-25-22(27)19-9-5-6-10-20(19)24-23(25)28-15-21(26)18-12-11-16-7-3-4-8-17(16)14-18/h2-12,14H,1,13,15H2.